The lowest BCUT2D eigenvalue weighted by atomic mass is 10.1. The highest BCUT2D eigenvalue weighted by Crippen LogP contribution is 2.39. The molecule has 342 valence electrons. The monoisotopic (exact) mass is 884 g/mol. The van der Waals surface area contributed by atoms with Crippen LogP contribution in [0.2, 0.25) is 0 Å². The summed E-state index contributed by atoms with van der Waals surface area (Å²) in [6.45, 7) is 11.5. The molecule has 0 heterocycles. The minimum Gasteiger partial charge on any atom is -0.494 e. The van der Waals surface area contributed by atoms with Crippen LogP contribution in [0.4, 0.5) is 34.1 Å². The Morgan fingerprint density at radius 3 is 0.591 bits per heavy atom. The number of hydrogen-bond acceptors (Lipinski definition) is 8. The molecule has 0 radical (unpaired) electrons. The summed E-state index contributed by atoms with van der Waals surface area (Å²) in [5.74, 6) is 6.33. The van der Waals surface area contributed by atoms with Gasteiger partial charge in [0.25, 0.3) is 0 Å². The maximum atomic E-state index is 6.32. The average molecular weight is 885 g/mol. The molecular weight excluding hydrogens is 821 g/mol. The quantitative estimate of drug-likeness (QED) is 0.0499. The predicted octanol–water partition coefficient (Wildman–Crippen LogP) is 16.9. The Morgan fingerprint density at radius 2 is 0.409 bits per heavy atom. The molecule has 8 heteroatoms. The van der Waals surface area contributed by atoms with Crippen molar-refractivity contribution in [1.82, 2.24) is 0 Å². The molecule has 7 rings (SSSR count). The van der Waals surface area contributed by atoms with E-state index in [1.54, 1.807) is 0 Å². The fraction of sp³-hybridized carbons (Fsp3) is 0.276. The highest BCUT2D eigenvalue weighted by Gasteiger charge is 2.16. The first-order valence-electron chi connectivity index (χ1n) is 23.7. The molecule has 0 unspecified atom stereocenters. The Balaban J connectivity index is 1.02. The van der Waals surface area contributed by atoms with Crippen LogP contribution in [-0.2, 0) is 0 Å². The van der Waals surface area contributed by atoms with E-state index < -0.39 is 0 Å². The number of anilines is 6. The summed E-state index contributed by atoms with van der Waals surface area (Å²) in [5, 5.41) is 0. The predicted molar refractivity (Wildman–Crippen MR) is 270 cm³/mol. The largest absolute Gasteiger partial charge is 0.494 e. The van der Waals surface area contributed by atoms with Crippen molar-refractivity contribution in [3.05, 3.63) is 170 Å². The van der Waals surface area contributed by atoms with Gasteiger partial charge in [-0.25, -0.2) is 0 Å². The Labute approximate surface area is 392 Å². The topological polar surface area (TPSA) is 61.9 Å². The van der Waals surface area contributed by atoms with Gasteiger partial charge in [-0.05, 0) is 196 Å². The van der Waals surface area contributed by atoms with Crippen molar-refractivity contribution in [2.45, 2.75) is 79.1 Å². The molecule has 0 aliphatic carbocycles. The fourth-order valence-corrected chi connectivity index (χ4v) is 7.17. The number of hydrogen-bond donors (Lipinski definition) is 0. The molecule has 66 heavy (non-hydrogen) atoms. The van der Waals surface area contributed by atoms with Crippen LogP contribution >= 0.6 is 0 Å². The zero-order chi connectivity index (χ0) is 45.8. The van der Waals surface area contributed by atoms with Gasteiger partial charge in [0.1, 0.15) is 46.0 Å². The van der Waals surface area contributed by atoms with Crippen LogP contribution in [0.5, 0.6) is 46.0 Å². The van der Waals surface area contributed by atoms with Gasteiger partial charge in [-0.15, -0.1) is 0 Å². The van der Waals surface area contributed by atoms with E-state index in [0.717, 1.165) is 120 Å². The van der Waals surface area contributed by atoms with E-state index >= 15 is 0 Å². The number of benzene rings is 7. The van der Waals surface area contributed by atoms with Crippen molar-refractivity contribution in [3.8, 4) is 46.0 Å². The van der Waals surface area contributed by atoms with Gasteiger partial charge < -0.3 is 38.2 Å². The first kappa shape index (κ1) is 46.9. The molecule has 0 saturated heterocycles. The maximum absolute atomic E-state index is 6.32. The summed E-state index contributed by atoms with van der Waals surface area (Å²) in [4.78, 5) is 4.44. The summed E-state index contributed by atoms with van der Waals surface area (Å²) >= 11 is 0. The number of unbranched alkanes of at least 4 members (excludes halogenated alkanes) is 4. The van der Waals surface area contributed by atoms with E-state index in [2.05, 4.69) is 110 Å². The van der Waals surface area contributed by atoms with Gasteiger partial charge in [0.15, 0.2) is 0 Å². The third-order valence-electron chi connectivity index (χ3n) is 10.9. The zero-order valence-electron chi connectivity index (χ0n) is 39.0. The molecule has 0 aliphatic rings. The molecule has 0 atom stereocenters. The zero-order valence-corrected chi connectivity index (χ0v) is 39.0. The highest BCUT2D eigenvalue weighted by atomic mass is 16.5. The summed E-state index contributed by atoms with van der Waals surface area (Å²) < 4.78 is 36.5. The van der Waals surface area contributed by atoms with E-state index in [1.807, 2.05) is 97.1 Å². The maximum Gasteiger partial charge on any atom is 0.127 e. The summed E-state index contributed by atoms with van der Waals surface area (Å²) in [6.07, 6.45) is 8.50. The molecule has 8 nitrogen and oxygen atoms in total. The molecular formula is C58H64N2O6. The minimum atomic E-state index is 0.707. The van der Waals surface area contributed by atoms with Crippen molar-refractivity contribution in [3.63, 3.8) is 0 Å². The number of nitrogens with zero attached hydrogens (tertiary/aromatic N) is 2. The van der Waals surface area contributed by atoms with Crippen molar-refractivity contribution >= 4 is 34.1 Å². The second-order valence-electron chi connectivity index (χ2n) is 16.1. The Hall–Kier alpha value is -7.06. The third-order valence-corrected chi connectivity index (χ3v) is 10.9. The van der Waals surface area contributed by atoms with Crippen LogP contribution in [0.3, 0.4) is 0 Å². The summed E-state index contributed by atoms with van der Waals surface area (Å²) in [7, 11) is 0. The molecule has 0 aromatic heterocycles. The van der Waals surface area contributed by atoms with Crippen LogP contribution < -0.4 is 38.2 Å². The average Bonchev–Trinajstić information content (AvgIpc) is 3.35. The second kappa shape index (κ2) is 24.9. The molecule has 7 aromatic carbocycles. The SMILES string of the molecule is CCCCOc1ccc(N(c2ccc(OCCCC)cc2)c2ccc(Oc3ccc(Oc4ccc(N(c5ccc(OCCCC)cc5)c5ccc(OCCCC)cc5)cc4)cc3)cc2)cc1. The van der Waals surface area contributed by atoms with Crippen LogP contribution in [0.25, 0.3) is 0 Å². The molecule has 0 fully saturated rings. The highest BCUT2D eigenvalue weighted by molar-refractivity contribution is 5.78. The van der Waals surface area contributed by atoms with Gasteiger partial charge in [-0.3, -0.25) is 0 Å². The molecule has 0 bridgehead atoms. The molecule has 0 spiro atoms. The molecule has 7 aromatic rings. The normalized spacial score (nSPS) is 10.8. The first-order valence-corrected chi connectivity index (χ1v) is 23.7. The van der Waals surface area contributed by atoms with Crippen molar-refractivity contribution < 1.29 is 28.4 Å². The van der Waals surface area contributed by atoms with Crippen LogP contribution in [-0.4, -0.2) is 26.4 Å². The van der Waals surface area contributed by atoms with Gasteiger partial charge in [0, 0.05) is 34.1 Å². The molecule has 0 aliphatic heterocycles. The van der Waals surface area contributed by atoms with Gasteiger partial charge in [0.2, 0.25) is 0 Å². The summed E-state index contributed by atoms with van der Waals surface area (Å²) in [6, 6.07) is 57.0. The van der Waals surface area contributed by atoms with Crippen molar-refractivity contribution in [2.75, 3.05) is 36.2 Å². The van der Waals surface area contributed by atoms with E-state index in [-0.39, 0.29) is 0 Å². The van der Waals surface area contributed by atoms with Gasteiger partial charge in [0.05, 0.1) is 26.4 Å². The fourth-order valence-electron chi connectivity index (χ4n) is 7.17. The van der Waals surface area contributed by atoms with Gasteiger partial charge in [-0.1, -0.05) is 53.4 Å². The lowest BCUT2D eigenvalue weighted by Gasteiger charge is -2.26. The van der Waals surface area contributed by atoms with E-state index in [4.69, 9.17) is 28.4 Å². The minimum absolute atomic E-state index is 0.707. The van der Waals surface area contributed by atoms with Crippen molar-refractivity contribution in [2.24, 2.45) is 0 Å². The van der Waals surface area contributed by atoms with Crippen LogP contribution in [0.15, 0.2) is 170 Å². The van der Waals surface area contributed by atoms with Crippen LogP contribution in [0, 0.1) is 0 Å². The molecule has 0 amide bonds. The Kier molecular flexibility index (Phi) is 17.7. The standard InChI is InChI=1S/C58H64N2O6/c1-5-9-41-61-51-25-13-45(14-26-51)59(46-15-27-52(28-16-46)62-42-10-6-2)49-21-33-55(34-22-49)65-57-37-39-58(40-38-57)66-56-35-23-50(24-36-56)60(47-17-29-53(30-18-47)63-43-11-7-3)48-19-31-54(32-20-48)64-44-12-8-4/h13-40H,5-12,41-44H2,1-4H3. The first-order chi connectivity index (χ1) is 32.5. The lowest BCUT2D eigenvalue weighted by Crippen LogP contribution is -2.10. The van der Waals surface area contributed by atoms with Crippen molar-refractivity contribution in [1.29, 1.82) is 0 Å². The third kappa shape index (κ3) is 13.5. The number of rotatable bonds is 26. The molecule has 0 saturated carbocycles. The Morgan fingerprint density at radius 1 is 0.242 bits per heavy atom. The smallest absolute Gasteiger partial charge is 0.127 e. The lowest BCUT2D eigenvalue weighted by molar-refractivity contribution is 0.309. The van der Waals surface area contributed by atoms with Gasteiger partial charge >= 0.3 is 0 Å². The van der Waals surface area contributed by atoms with E-state index in [1.165, 1.54) is 0 Å². The number of ether oxygens (including phenoxy) is 6. The Bertz CT molecular complexity index is 2160. The van der Waals surface area contributed by atoms with Crippen LogP contribution in [0.1, 0.15) is 79.1 Å². The second-order valence-corrected chi connectivity index (χ2v) is 16.1. The summed E-state index contributed by atoms with van der Waals surface area (Å²) in [5.41, 5.74) is 6.07. The van der Waals surface area contributed by atoms with E-state index in [0.29, 0.717) is 37.9 Å². The van der Waals surface area contributed by atoms with Gasteiger partial charge in [-0.2, -0.15) is 0 Å². The van der Waals surface area contributed by atoms with E-state index in [9.17, 15) is 0 Å². The molecule has 0 N–H and O–H groups in total.